The molecule has 0 amide bonds. The van der Waals surface area contributed by atoms with Gasteiger partial charge in [-0.1, -0.05) is 18.5 Å². The van der Waals surface area contributed by atoms with E-state index in [0.717, 1.165) is 11.2 Å². The number of benzene rings is 1. The first kappa shape index (κ1) is 16.6. The second-order valence-corrected chi connectivity index (χ2v) is 5.85. The van der Waals surface area contributed by atoms with Gasteiger partial charge in [0, 0.05) is 11.8 Å². The third-order valence-corrected chi connectivity index (χ3v) is 4.20. The highest BCUT2D eigenvalue weighted by atomic mass is 35.5. The lowest BCUT2D eigenvalue weighted by Gasteiger charge is -2.12. The summed E-state index contributed by atoms with van der Waals surface area (Å²) < 4.78 is 12.5. The molecular weight excluding hydrogens is 328 g/mol. The van der Waals surface area contributed by atoms with Gasteiger partial charge in [0.25, 0.3) is 0 Å². The Labute approximate surface area is 145 Å². The number of aliphatic hydroxyl groups excluding tert-OH is 1. The SMILES string of the molecule is CCC(O)c1c(-c2ccc(OC)c(OC)c2)nc2ccc(Cl)cn12. The predicted molar refractivity (Wildman–Crippen MR) is 94.0 cm³/mol. The number of aliphatic hydroxyl groups is 1. The van der Waals surface area contributed by atoms with Crippen LogP contribution in [-0.4, -0.2) is 28.7 Å². The second-order valence-electron chi connectivity index (χ2n) is 5.41. The van der Waals surface area contributed by atoms with Crippen LogP contribution in [0.1, 0.15) is 25.1 Å². The lowest BCUT2D eigenvalue weighted by Crippen LogP contribution is -2.02. The van der Waals surface area contributed by atoms with Gasteiger partial charge in [0.15, 0.2) is 11.5 Å². The van der Waals surface area contributed by atoms with Crippen LogP contribution in [0.4, 0.5) is 0 Å². The van der Waals surface area contributed by atoms with Crippen molar-refractivity contribution < 1.29 is 14.6 Å². The second kappa shape index (κ2) is 6.71. The Morgan fingerprint density at radius 3 is 2.58 bits per heavy atom. The first-order chi connectivity index (χ1) is 11.6. The molecule has 1 aromatic carbocycles. The fraction of sp³-hybridized carbons (Fsp3) is 0.278. The molecule has 0 radical (unpaired) electrons. The van der Waals surface area contributed by atoms with Crippen molar-refractivity contribution in [2.45, 2.75) is 19.4 Å². The summed E-state index contributed by atoms with van der Waals surface area (Å²) in [4.78, 5) is 4.67. The van der Waals surface area contributed by atoms with E-state index in [2.05, 4.69) is 4.98 Å². The normalized spacial score (nSPS) is 12.4. The average Bonchev–Trinajstić information content (AvgIpc) is 2.98. The molecule has 5 nitrogen and oxygen atoms in total. The third-order valence-electron chi connectivity index (χ3n) is 3.98. The topological polar surface area (TPSA) is 56.0 Å². The Bertz CT molecular complexity index is 876. The lowest BCUT2D eigenvalue weighted by molar-refractivity contribution is 0.168. The van der Waals surface area contributed by atoms with Crippen molar-refractivity contribution in [3.63, 3.8) is 0 Å². The Balaban J connectivity index is 2.25. The molecule has 0 saturated carbocycles. The minimum atomic E-state index is -0.651. The van der Waals surface area contributed by atoms with Crippen LogP contribution < -0.4 is 9.47 Å². The Morgan fingerprint density at radius 1 is 1.17 bits per heavy atom. The van der Waals surface area contributed by atoms with Gasteiger partial charge in [-0.05, 0) is 36.8 Å². The van der Waals surface area contributed by atoms with Crippen LogP contribution >= 0.6 is 11.6 Å². The van der Waals surface area contributed by atoms with Crippen LogP contribution in [0, 0.1) is 0 Å². The number of halogens is 1. The molecule has 0 aliphatic carbocycles. The van der Waals surface area contributed by atoms with Crippen molar-refractivity contribution in [1.82, 2.24) is 9.38 Å². The van der Waals surface area contributed by atoms with E-state index < -0.39 is 6.10 Å². The zero-order valence-corrected chi connectivity index (χ0v) is 14.5. The summed E-state index contributed by atoms with van der Waals surface area (Å²) in [6, 6.07) is 9.20. The molecule has 24 heavy (non-hydrogen) atoms. The van der Waals surface area contributed by atoms with Crippen LogP contribution in [0.5, 0.6) is 11.5 Å². The predicted octanol–water partition coefficient (Wildman–Crippen LogP) is 4.12. The van der Waals surface area contributed by atoms with E-state index in [1.807, 2.05) is 35.6 Å². The fourth-order valence-electron chi connectivity index (χ4n) is 2.74. The number of imidazole rings is 1. The number of ether oxygens (including phenoxy) is 2. The number of pyridine rings is 1. The molecule has 0 spiro atoms. The molecule has 126 valence electrons. The molecule has 3 aromatic rings. The number of aromatic nitrogens is 2. The van der Waals surface area contributed by atoms with E-state index in [-0.39, 0.29) is 0 Å². The maximum absolute atomic E-state index is 10.5. The van der Waals surface area contributed by atoms with E-state index >= 15 is 0 Å². The highest BCUT2D eigenvalue weighted by Crippen LogP contribution is 2.36. The van der Waals surface area contributed by atoms with Crippen LogP contribution in [0.15, 0.2) is 36.5 Å². The van der Waals surface area contributed by atoms with E-state index in [9.17, 15) is 5.11 Å². The van der Waals surface area contributed by atoms with Crippen molar-refractivity contribution in [3.8, 4) is 22.8 Å². The van der Waals surface area contributed by atoms with Crippen LogP contribution in [0.2, 0.25) is 5.02 Å². The quantitative estimate of drug-likeness (QED) is 0.755. The molecule has 2 aromatic heterocycles. The zero-order chi connectivity index (χ0) is 17.3. The molecule has 1 N–H and O–H groups in total. The van der Waals surface area contributed by atoms with E-state index in [0.29, 0.717) is 34.3 Å². The average molecular weight is 347 g/mol. The Hall–Kier alpha value is -2.24. The van der Waals surface area contributed by atoms with Gasteiger partial charge in [0.1, 0.15) is 5.65 Å². The van der Waals surface area contributed by atoms with Crippen molar-refractivity contribution in [1.29, 1.82) is 0 Å². The molecule has 0 saturated heterocycles. The first-order valence-electron chi connectivity index (χ1n) is 7.67. The van der Waals surface area contributed by atoms with Crippen molar-refractivity contribution in [2.75, 3.05) is 14.2 Å². The number of hydrogen-bond acceptors (Lipinski definition) is 4. The van der Waals surface area contributed by atoms with Gasteiger partial charge in [-0.2, -0.15) is 0 Å². The number of methoxy groups -OCH3 is 2. The van der Waals surface area contributed by atoms with E-state index in [4.69, 9.17) is 21.1 Å². The Kier molecular flexibility index (Phi) is 4.64. The van der Waals surface area contributed by atoms with Crippen LogP contribution in [-0.2, 0) is 0 Å². The molecule has 3 rings (SSSR count). The summed E-state index contributed by atoms with van der Waals surface area (Å²) in [6.07, 6.45) is 1.68. The zero-order valence-electron chi connectivity index (χ0n) is 13.8. The molecular formula is C18H19ClN2O3. The van der Waals surface area contributed by atoms with Gasteiger partial charge < -0.3 is 14.6 Å². The molecule has 0 aliphatic heterocycles. The van der Waals surface area contributed by atoms with Gasteiger partial charge in [-0.3, -0.25) is 4.40 Å². The molecule has 0 fully saturated rings. The summed E-state index contributed by atoms with van der Waals surface area (Å²) >= 11 is 6.11. The summed E-state index contributed by atoms with van der Waals surface area (Å²) in [5, 5.41) is 11.1. The molecule has 1 atom stereocenters. The minimum absolute atomic E-state index is 0.570. The third kappa shape index (κ3) is 2.81. The van der Waals surface area contributed by atoms with Crippen LogP contribution in [0.25, 0.3) is 16.9 Å². The monoisotopic (exact) mass is 346 g/mol. The summed E-state index contributed by atoms with van der Waals surface area (Å²) in [7, 11) is 3.18. The molecule has 6 heteroatoms. The lowest BCUT2D eigenvalue weighted by atomic mass is 10.1. The van der Waals surface area contributed by atoms with E-state index in [1.54, 1.807) is 26.5 Å². The maximum atomic E-state index is 10.5. The molecule has 1 unspecified atom stereocenters. The first-order valence-corrected chi connectivity index (χ1v) is 8.04. The van der Waals surface area contributed by atoms with E-state index in [1.165, 1.54) is 0 Å². The number of rotatable bonds is 5. The number of nitrogens with zero attached hydrogens (tertiary/aromatic N) is 2. The molecule has 0 aliphatic rings. The maximum Gasteiger partial charge on any atom is 0.161 e. The Morgan fingerprint density at radius 2 is 1.92 bits per heavy atom. The number of fused-ring (bicyclic) bond motifs is 1. The summed E-state index contributed by atoms with van der Waals surface area (Å²) in [5.41, 5.74) is 2.98. The van der Waals surface area contributed by atoms with Crippen molar-refractivity contribution >= 4 is 17.2 Å². The minimum Gasteiger partial charge on any atom is -0.493 e. The van der Waals surface area contributed by atoms with Gasteiger partial charge in [0.05, 0.1) is 36.7 Å². The molecule has 0 bridgehead atoms. The number of hydrogen-bond donors (Lipinski definition) is 1. The smallest absolute Gasteiger partial charge is 0.161 e. The van der Waals surface area contributed by atoms with Crippen molar-refractivity contribution in [2.24, 2.45) is 0 Å². The highest BCUT2D eigenvalue weighted by molar-refractivity contribution is 6.30. The summed E-state index contributed by atoms with van der Waals surface area (Å²) in [5.74, 6) is 1.26. The van der Waals surface area contributed by atoms with Crippen LogP contribution in [0.3, 0.4) is 0 Å². The van der Waals surface area contributed by atoms with Gasteiger partial charge >= 0.3 is 0 Å². The molecule has 2 heterocycles. The highest BCUT2D eigenvalue weighted by Gasteiger charge is 2.21. The van der Waals surface area contributed by atoms with Crippen molar-refractivity contribution in [3.05, 3.63) is 47.2 Å². The summed E-state index contributed by atoms with van der Waals surface area (Å²) in [6.45, 7) is 1.92. The largest absolute Gasteiger partial charge is 0.493 e. The van der Waals surface area contributed by atoms with Gasteiger partial charge in [0.2, 0.25) is 0 Å². The standard InChI is InChI=1S/C18H19ClN2O3/c1-4-13(22)18-17(20-16-8-6-12(19)10-21(16)18)11-5-7-14(23-2)15(9-11)24-3/h5-10,13,22H,4H2,1-3H3. The fourth-order valence-corrected chi connectivity index (χ4v) is 2.91. The van der Waals surface area contributed by atoms with Gasteiger partial charge in [-0.15, -0.1) is 0 Å². The van der Waals surface area contributed by atoms with Gasteiger partial charge in [-0.25, -0.2) is 4.98 Å².